The third-order valence-corrected chi connectivity index (χ3v) is 3.71. The molecule has 0 radical (unpaired) electrons. The smallest absolute Gasteiger partial charge is 0.256 e. The maximum atomic E-state index is 12.4. The molecule has 4 heteroatoms. The SMILES string of the molecule is CCNC(=O)c1cn2c3c(cccc3c1=O)CC2C. The molecule has 0 saturated carbocycles. The molecule has 3 rings (SSSR count). The number of amides is 1. The third kappa shape index (κ3) is 1.67. The molecule has 0 spiro atoms. The first-order valence-corrected chi connectivity index (χ1v) is 6.58. The van der Waals surface area contributed by atoms with Gasteiger partial charge in [-0.2, -0.15) is 0 Å². The second kappa shape index (κ2) is 4.23. The molecule has 2 heterocycles. The van der Waals surface area contributed by atoms with Gasteiger partial charge in [0.2, 0.25) is 5.43 Å². The first kappa shape index (κ1) is 12.0. The summed E-state index contributed by atoms with van der Waals surface area (Å²) >= 11 is 0. The van der Waals surface area contributed by atoms with Gasteiger partial charge in [0.15, 0.2) is 0 Å². The molecule has 4 nitrogen and oxygen atoms in total. The van der Waals surface area contributed by atoms with Gasteiger partial charge >= 0.3 is 0 Å². The van der Waals surface area contributed by atoms with Crippen molar-refractivity contribution in [1.82, 2.24) is 9.88 Å². The second-order valence-electron chi connectivity index (χ2n) is 5.01. The predicted octanol–water partition coefficient (Wildman–Crippen LogP) is 1.87. The molecular formula is C15H16N2O2. The quantitative estimate of drug-likeness (QED) is 0.891. The summed E-state index contributed by atoms with van der Waals surface area (Å²) in [6.45, 7) is 4.47. The van der Waals surface area contributed by atoms with E-state index in [0.717, 1.165) is 11.9 Å². The molecule has 0 bridgehead atoms. The number of carbonyl (C=O) groups is 1. The Kier molecular flexibility index (Phi) is 2.66. The van der Waals surface area contributed by atoms with Crippen LogP contribution in [-0.2, 0) is 6.42 Å². The van der Waals surface area contributed by atoms with Crippen LogP contribution in [-0.4, -0.2) is 17.0 Å². The van der Waals surface area contributed by atoms with E-state index in [4.69, 9.17) is 0 Å². The van der Waals surface area contributed by atoms with E-state index in [9.17, 15) is 9.59 Å². The summed E-state index contributed by atoms with van der Waals surface area (Å²) in [6, 6.07) is 6.03. The highest BCUT2D eigenvalue weighted by Crippen LogP contribution is 2.30. The average Bonchev–Trinajstić information content (AvgIpc) is 2.71. The van der Waals surface area contributed by atoms with Crippen LogP contribution in [0.15, 0.2) is 29.2 Å². The molecule has 1 aliphatic rings. The molecule has 0 saturated heterocycles. The molecular weight excluding hydrogens is 240 g/mol. The lowest BCUT2D eigenvalue weighted by atomic mass is 10.1. The van der Waals surface area contributed by atoms with Crippen molar-refractivity contribution in [3.05, 3.63) is 45.7 Å². The van der Waals surface area contributed by atoms with Crippen molar-refractivity contribution < 1.29 is 4.79 Å². The van der Waals surface area contributed by atoms with Gasteiger partial charge in [0.25, 0.3) is 5.91 Å². The Morgan fingerprint density at radius 1 is 1.47 bits per heavy atom. The lowest BCUT2D eigenvalue weighted by Gasteiger charge is -2.12. The summed E-state index contributed by atoms with van der Waals surface area (Å²) in [5, 5.41) is 3.34. The van der Waals surface area contributed by atoms with Crippen molar-refractivity contribution in [2.24, 2.45) is 0 Å². The standard InChI is InChI=1S/C15H16N2O2/c1-3-16-15(19)12-8-17-9(2)7-10-5-4-6-11(13(10)17)14(12)18/h4-6,8-9H,3,7H2,1-2H3,(H,16,19). The minimum atomic E-state index is -0.289. The van der Waals surface area contributed by atoms with E-state index in [1.165, 1.54) is 5.56 Å². The predicted molar refractivity (Wildman–Crippen MR) is 74.6 cm³/mol. The van der Waals surface area contributed by atoms with Crippen LogP contribution in [0.3, 0.4) is 0 Å². The number of hydrogen-bond acceptors (Lipinski definition) is 2. The topological polar surface area (TPSA) is 51.1 Å². The van der Waals surface area contributed by atoms with Gasteiger partial charge in [-0.15, -0.1) is 0 Å². The Morgan fingerprint density at radius 3 is 3.00 bits per heavy atom. The maximum Gasteiger partial charge on any atom is 0.256 e. The molecule has 1 atom stereocenters. The summed E-state index contributed by atoms with van der Waals surface area (Å²) in [7, 11) is 0. The number of pyridine rings is 1. The van der Waals surface area contributed by atoms with E-state index in [1.807, 2.05) is 19.1 Å². The molecule has 1 unspecified atom stereocenters. The Bertz CT molecular complexity index is 731. The molecule has 0 aliphatic carbocycles. The summed E-state index contributed by atoms with van der Waals surface area (Å²) in [4.78, 5) is 24.4. The van der Waals surface area contributed by atoms with Crippen LogP contribution in [0, 0.1) is 0 Å². The van der Waals surface area contributed by atoms with Gasteiger partial charge in [-0.25, -0.2) is 0 Å². The molecule has 0 fully saturated rings. The van der Waals surface area contributed by atoms with E-state index in [1.54, 1.807) is 12.3 Å². The maximum absolute atomic E-state index is 12.4. The number of rotatable bonds is 2. The summed E-state index contributed by atoms with van der Waals surface area (Å²) in [5.41, 5.74) is 2.23. The van der Waals surface area contributed by atoms with Crippen LogP contribution in [0.5, 0.6) is 0 Å². The van der Waals surface area contributed by atoms with Crippen molar-refractivity contribution in [3.8, 4) is 0 Å². The van der Waals surface area contributed by atoms with Crippen LogP contribution >= 0.6 is 0 Å². The van der Waals surface area contributed by atoms with Gasteiger partial charge in [0.05, 0.1) is 5.52 Å². The number of hydrogen-bond donors (Lipinski definition) is 1. The average molecular weight is 256 g/mol. The van der Waals surface area contributed by atoms with Crippen LogP contribution in [0.1, 0.15) is 35.8 Å². The Balaban J connectivity index is 2.33. The molecule has 1 aliphatic heterocycles. The highest BCUT2D eigenvalue weighted by Gasteiger charge is 2.23. The van der Waals surface area contributed by atoms with E-state index in [0.29, 0.717) is 11.9 Å². The Hall–Kier alpha value is -2.10. The van der Waals surface area contributed by atoms with E-state index >= 15 is 0 Å². The second-order valence-corrected chi connectivity index (χ2v) is 5.01. The monoisotopic (exact) mass is 256 g/mol. The molecule has 1 aromatic heterocycles. The first-order valence-electron chi connectivity index (χ1n) is 6.58. The summed E-state index contributed by atoms with van der Waals surface area (Å²) < 4.78 is 2.05. The lowest BCUT2D eigenvalue weighted by Crippen LogP contribution is -2.29. The van der Waals surface area contributed by atoms with E-state index in [-0.39, 0.29) is 22.9 Å². The highest BCUT2D eigenvalue weighted by molar-refractivity contribution is 5.98. The summed E-state index contributed by atoms with van der Waals surface area (Å²) in [5.74, 6) is -0.289. The molecule has 19 heavy (non-hydrogen) atoms. The van der Waals surface area contributed by atoms with Gasteiger partial charge in [-0.3, -0.25) is 9.59 Å². The van der Waals surface area contributed by atoms with Gasteiger partial charge < -0.3 is 9.88 Å². The minimum absolute atomic E-state index is 0.173. The van der Waals surface area contributed by atoms with Gasteiger partial charge in [-0.05, 0) is 31.9 Å². The zero-order valence-corrected chi connectivity index (χ0v) is 11.1. The van der Waals surface area contributed by atoms with Crippen molar-refractivity contribution in [2.75, 3.05) is 6.54 Å². The van der Waals surface area contributed by atoms with Gasteiger partial charge in [0, 0.05) is 24.2 Å². The third-order valence-electron chi connectivity index (χ3n) is 3.71. The fourth-order valence-corrected chi connectivity index (χ4v) is 2.83. The number of carbonyl (C=O) groups excluding carboxylic acids is 1. The van der Waals surface area contributed by atoms with E-state index < -0.39 is 0 Å². The van der Waals surface area contributed by atoms with Crippen LogP contribution in [0.25, 0.3) is 10.9 Å². The van der Waals surface area contributed by atoms with Gasteiger partial charge in [0.1, 0.15) is 5.56 Å². The molecule has 2 aromatic rings. The largest absolute Gasteiger partial charge is 0.352 e. The Labute approximate surface area is 111 Å². The van der Waals surface area contributed by atoms with Gasteiger partial charge in [-0.1, -0.05) is 12.1 Å². The van der Waals surface area contributed by atoms with Crippen LogP contribution in [0.4, 0.5) is 0 Å². The molecule has 1 aromatic carbocycles. The fraction of sp³-hybridized carbons (Fsp3) is 0.333. The normalized spacial score (nSPS) is 16.8. The zero-order valence-electron chi connectivity index (χ0n) is 11.1. The van der Waals surface area contributed by atoms with Crippen molar-refractivity contribution in [1.29, 1.82) is 0 Å². The van der Waals surface area contributed by atoms with Crippen molar-refractivity contribution in [2.45, 2.75) is 26.3 Å². The Morgan fingerprint density at radius 2 is 2.26 bits per heavy atom. The highest BCUT2D eigenvalue weighted by atomic mass is 16.2. The molecule has 1 amide bonds. The molecule has 1 N–H and O–H groups in total. The number of para-hydroxylation sites is 1. The molecule has 98 valence electrons. The summed E-state index contributed by atoms with van der Waals surface area (Å²) in [6.07, 6.45) is 2.62. The number of aromatic nitrogens is 1. The fourth-order valence-electron chi connectivity index (χ4n) is 2.83. The first-order chi connectivity index (χ1) is 9.13. The van der Waals surface area contributed by atoms with Crippen LogP contribution < -0.4 is 10.7 Å². The van der Waals surface area contributed by atoms with Crippen LogP contribution in [0.2, 0.25) is 0 Å². The number of benzene rings is 1. The van der Waals surface area contributed by atoms with Crippen molar-refractivity contribution >= 4 is 16.8 Å². The number of nitrogens with one attached hydrogen (secondary N) is 1. The van der Waals surface area contributed by atoms with E-state index in [2.05, 4.69) is 16.8 Å². The lowest BCUT2D eigenvalue weighted by molar-refractivity contribution is 0.0954. The number of nitrogens with zero attached hydrogens (tertiary/aromatic N) is 1. The minimum Gasteiger partial charge on any atom is -0.352 e. The zero-order chi connectivity index (χ0) is 13.6. The van der Waals surface area contributed by atoms with Crippen molar-refractivity contribution in [3.63, 3.8) is 0 Å².